The van der Waals surface area contributed by atoms with Crippen LogP contribution in [0.1, 0.15) is 58.9 Å². The number of hydrogen-bond acceptors (Lipinski definition) is 1. The molecule has 0 saturated carbocycles. The summed E-state index contributed by atoms with van der Waals surface area (Å²) in [4.78, 5) is 0. The molecule has 0 amide bonds. The first-order valence-electron chi connectivity index (χ1n) is 7.93. The summed E-state index contributed by atoms with van der Waals surface area (Å²) in [6.45, 7) is 9.75. The van der Waals surface area contributed by atoms with Gasteiger partial charge in [0.05, 0.1) is 0 Å². The average Bonchev–Trinajstić information content (AvgIpc) is 2.50. The van der Waals surface area contributed by atoms with Gasteiger partial charge in [0.25, 0.3) is 0 Å². The SMILES string of the molecule is CC#CCCC(NCC)C(CC)(CC)c1ccccc1. The van der Waals surface area contributed by atoms with Crippen molar-refractivity contribution >= 4 is 0 Å². The van der Waals surface area contributed by atoms with Crippen molar-refractivity contribution in [2.24, 2.45) is 0 Å². The third kappa shape index (κ3) is 3.87. The maximum absolute atomic E-state index is 3.71. The fourth-order valence-corrected chi connectivity index (χ4v) is 3.28. The third-order valence-electron chi connectivity index (χ3n) is 4.46. The molecule has 0 spiro atoms. The van der Waals surface area contributed by atoms with Gasteiger partial charge in [-0.2, -0.15) is 0 Å². The van der Waals surface area contributed by atoms with E-state index in [0.29, 0.717) is 6.04 Å². The highest BCUT2D eigenvalue weighted by atomic mass is 14.9. The van der Waals surface area contributed by atoms with Crippen molar-refractivity contribution in [3.8, 4) is 11.8 Å². The highest BCUT2D eigenvalue weighted by molar-refractivity contribution is 5.28. The Morgan fingerprint density at radius 3 is 2.25 bits per heavy atom. The van der Waals surface area contributed by atoms with Gasteiger partial charge in [-0.3, -0.25) is 0 Å². The van der Waals surface area contributed by atoms with Crippen LogP contribution in [0.3, 0.4) is 0 Å². The lowest BCUT2D eigenvalue weighted by molar-refractivity contribution is 0.263. The molecule has 0 heterocycles. The molecule has 1 aromatic carbocycles. The summed E-state index contributed by atoms with van der Waals surface area (Å²) >= 11 is 0. The van der Waals surface area contributed by atoms with Crippen molar-refractivity contribution in [2.45, 2.75) is 64.8 Å². The lowest BCUT2D eigenvalue weighted by atomic mass is 9.69. The van der Waals surface area contributed by atoms with E-state index in [2.05, 4.69) is 68.3 Å². The number of nitrogens with one attached hydrogen (secondary N) is 1. The molecule has 0 fully saturated rings. The lowest BCUT2D eigenvalue weighted by Crippen LogP contribution is -2.48. The van der Waals surface area contributed by atoms with Gasteiger partial charge in [0.1, 0.15) is 0 Å². The van der Waals surface area contributed by atoms with Crippen LogP contribution < -0.4 is 5.32 Å². The smallest absolute Gasteiger partial charge is 0.0173 e. The molecule has 0 aromatic heterocycles. The van der Waals surface area contributed by atoms with E-state index in [1.165, 1.54) is 5.56 Å². The van der Waals surface area contributed by atoms with Crippen molar-refractivity contribution in [1.29, 1.82) is 0 Å². The van der Waals surface area contributed by atoms with Gasteiger partial charge >= 0.3 is 0 Å². The zero-order valence-electron chi connectivity index (χ0n) is 13.5. The summed E-state index contributed by atoms with van der Waals surface area (Å²) in [5.41, 5.74) is 1.67. The van der Waals surface area contributed by atoms with Crippen LogP contribution in [0.5, 0.6) is 0 Å². The number of benzene rings is 1. The number of hydrogen-bond donors (Lipinski definition) is 1. The van der Waals surface area contributed by atoms with Crippen LogP contribution in [0.25, 0.3) is 0 Å². The van der Waals surface area contributed by atoms with E-state index in [9.17, 15) is 0 Å². The van der Waals surface area contributed by atoms with Crippen molar-refractivity contribution in [2.75, 3.05) is 6.54 Å². The number of likely N-dealkylation sites (N-methyl/N-ethyl adjacent to an activating group) is 1. The zero-order chi connectivity index (χ0) is 14.8. The minimum absolute atomic E-state index is 0.215. The summed E-state index contributed by atoms with van der Waals surface area (Å²) in [5, 5.41) is 3.71. The van der Waals surface area contributed by atoms with E-state index in [-0.39, 0.29) is 5.41 Å². The minimum atomic E-state index is 0.215. The normalized spacial score (nSPS) is 12.6. The second kappa shape index (κ2) is 8.82. The maximum Gasteiger partial charge on any atom is 0.0173 e. The van der Waals surface area contributed by atoms with Gasteiger partial charge < -0.3 is 5.32 Å². The Bertz CT molecular complexity index is 420. The van der Waals surface area contributed by atoms with Crippen molar-refractivity contribution in [3.05, 3.63) is 35.9 Å². The topological polar surface area (TPSA) is 12.0 Å². The Morgan fingerprint density at radius 2 is 1.75 bits per heavy atom. The van der Waals surface area contributed by atoms with Gasteiger partial charge in [-0.25, -0.2) is 0 Å². The molecule has 1 heteroatoms. The summed E-state index contributed by atoms with van der Waals surface area (Å²) in [5.74, 6) is 6.23. The van der Waals surface area contributed by atoms with Gasteiger partial charge in [-0.1, -0.05) is 51.1 Å². The highest BCUT2D eigenvalue weighted by Gasteiger charge is 2.36. The monoisotopic (exact) mass is 271 g/mol. The summed E-state index contributed by atoms with van der Waals surface area (Å²) in [7, 11) is 0. The fourth-order valence-electron chi connectivity index (χ4n) is 3.28. The van der Waals surface area contributed by atoms with E-state index >= 15 is 0 Å². The summed E-state index contributed by atoms with van der Waals surface area (Å²) < 4.78 is 0. The molecular formula is C19H29N. The van der Waals surface area contributed by atoms with Crippen LogP contribution in [0.2, 0.25) is 0 Å². The lowest BCUT2D eigenvalue weighted by Gasteiger charge is -2.41. The maximum atomic E-state index is 3.71. The molecule has 1 unspecified atom stereocenters. The molecule has 0 radical (unpaired) electrons. The van der Waals surface area contributed by atoms with E-state index in [1.54, 1.807) is 0 Å². The van der Waals surface area contributed by atoms with Gasteiger partial charge in [0.15, 0.2) is 0 Å². The van der Waals surface area contributed by atoms with Gasteiger partial charge in [0, 0.05) is 17.9 Å². The highest BCUT2D eigenvalue weighted by Crippen LogP contribution is 2.37. The molecular weight excluding hydrogens is 242 g/mol. The van der Waals surface area contributed by atoms with Crippen molar-refractivity contribution in [3.63, 3.8) is 0 Å². The van der Waals surface area contributed by atoms with Crippen LogP contribution in [-0.4, -0.2) is 12.6 Å². The Balaban J connectivity index is 3.07. The zero-order valence-corrected chi connectivity index (χ0v) is 13.5. The van der Waals surface area contributed by atoms with Crippen molar-refractivity contribution < 1.29 is 0 Å². The predicted octanol–water partition coefficient (Wildman–Crippen LogP) is 4.53. The van der Waals surface area contributed by atoms with Crippen LogP contribution in [-0.2, 0) is 5.41 Å². The van der Waals surface area contributed by atoms with E-state index in [4.69, 9.17) is 0 Å². The molecule has 0 aliphatic heterocycles. The second-order valence-corrected chi connectivity index (χ2v) is 5.30. The van der Waals surface area contributed by atoms with E-state index in [1.807, 2.05) is 6.92 Å². The predicted molar refractivity (Wildman–Crippen MR) is 88.9 cm³/mol. The third-order valence-corrected chi connectivity index (χ3v) is 4.46. The summed E-state index contributed by atoms with van der Waals surface area (Å²) in [6, 6.07) is 11.5. The Hall–Kier alpha value is -1.26. The molecule has 1 N–H and O–H groups in total. The van der Waals surface area contributed by atoms with Crippen LogP contribution >= 0.6 is 0 Å². The van der Waals surface area contributed by atoms with E-state index in [0.717, 1.165) is 32.2 Å². The van der Waals surface area contributed by atoms with Crippen LogP contribution in [0.4, 0.5) is 0 Å². The Labute approximate surface area is 125 Å². The Kier molecular flexibility index (Phi) is 7.41. The molecule has 20 heavy (non-hydrogen) atoms. The van der Waals surface area contributed by atoms with E-state index < -0.39 is 0 Å². The first-order valence-corrected chi connectivity index (χ1v) is 7.93. The molecule has 1 rings (SSSR count). The molecule has 110 valence electrons. The largest absolute Gasteiger partial charge is 0.313 e. The molecule has 0 saturated heterocycles. The minimum Gasteiger partial charge on any atom is -0.313 e. The molecule has 0 aliphatic rings. The average molecular weight is 271 g/mol. The second-order valence-electron chi connectivity index (χ2n) is 5.30. The first-order chi connectivity index (χ1) is 9.75. The molecule has 1 aromatic rings. The Morgan fingerprint density at radius 1 is 1.10 bits per heavy atom. The molecule has 0 bridgehead atoms. The van der Waals surface area contributed by atoms with Crippen LogP contribution in [0.15, 0.2) is 30.3 Å². The van der Waals surface area contributed by atoms with Gasteiger partial charge in [-0.05, 0) is 38.3 Å². The van der Waals surface area contributed by atoms with Crippen LogP contribution in [0, 0.1) is 11.8 Å². The summed E-state index contributed by atoms with van der Waals surface area (Å²) in [6.07, 6.45) is 4.41. The quantitative estimate of drug-likeness (QED) is 0.685. The molecule has 1 atom stereocenters. The van der Waals surface area contributed by atoms with Gasteiger partial charge in [-0.15, -0.1) is 11.8 Å². The first kappa shape index (κ1) is 16.8. The molecule has 0 aliphatic carbocycles. The molecule has 1 nitrogen and oxygen atoms in total. The standard InChI is InChI=1S/C19H29N/c1-5-9-11-16-18(20-8-4)19(6-2,7-3)17-14-12-10-13-15-17/h10,12-15,18,20H,6-8,11,16H2,1-4H3. The van der Waals surface area contributed by atoms with Gasteiger partial charge in [0.2, 0.25) is 0 Å². The number of rotatable bonds is 8. The van der Waals surface area contributed by atoms with Crippen molar-refractivity contribution in [1.82, 2.24) is 5.32 Å². The fraction of sp³-hybridized carbons (Fsp3) is 0.579.